The van der Waals surface area contributed by atoms with E-state index in [1.54, 1.807) is 12.3 Å². The van der Waals surface area contributed by atoms with Gasteiger partial charge in [0.1, 0.15) is 5.82 Å². The molecule has 0 spiro atoms. The zero-order valence-corrected chi connectivity index (χ0v) is 19.1. The summed E-state index contributed by atoms with van der Waals surface area (Å²) < 4.78 is 5.28. The van der Waals surface area contributed by atoms with Crippen molar-refractivity contribution >= 4 is 17.6 Å². The molecule has 0 saturated carbocycles. The van der Waals surface area contributed by atoms with Gasteiger partial charge in [0, 0.05) is 58.0 Å². The molecule has 2 aliphatic rings. The lowest BCUT2D eigenvalue weighted by atomic mass is 9.93. The van der Waals surface area contributed by atoms with Crippen LogP contribution in [-0.4, -0.2) is 71.0 Å². The first-order valence-corrected chi connectivity index (χ1v) is 11.7. The van der Waals surface area contributed by atoms with E-state index < -0.39 is 0 Å². The fourth-order valence-electron chi connectivity index (χ4n) is 4.51. The molecule has 32 heavy (non-hydrogen) atoms. The third kappa shape index (κ3) is 5.29. The van der Waals surface area contributed by atoms with Crippen molar-refractivity contribution in [3.05, 3.63) is 41.9 Å². The maximum absolute atomic E-state index is 12.8. The zero-order chi connectivity index (χ0) is 22.5. The van der Waals surface area contributed by atoms with Gasteiger partial charge in [-0.15, -0.1) is 0 Å². The van der Waals surface area contributed by atoms with Crippen LogP contribution < -0.4 is 4.90 Å². The average Bonchev–Trinajstić information content (AvgIpc) is 3.34. The van der Waals surface area contributed by atoms with Gasteiger partial charge in [-0.1, -0.05) is 25.1 Å². The summed E-state index contributed by atoms with van der Waals surface area (Å²) in [5.41, 5.74) is 0.802. The molecule has 0 N–H and O–H groups in total. The molecule has 2 fully saturated rings. The number of amides is 2. The Balaban J connectivity index is 1.23. The first kappa shape index (κ1) is 22.3. The van der Waals surface area contributed by atoms with Crippen LogP contribution in [-0.2, 0) is 4.79 Å². The molecule has 172 valence electrons. The summed E-state index contributed by atoms with van der Waals surface area (Å²) in [6.07, 6.45) is 5.17. The highest BCUT2D eigenvalue weighted by atomic mass is 16.5. The Kier molecular flexibility index (Phi) is 7.07. The number of hydrogen-bond acceptors (Lipinski definition) is 6. The highest BCUT2D eigenvalue weighted by Gasteiger charge is 2.28. The van der Waals surface area contributed by atoms with E-state index in [2.05, 4.69) is 15.0 Å². The minimum absolute atomic E-state index is 0.0916. The summed E-state index contributed by atoms with van der Waals surface area (Å²) in [5, 5.41) is 4.01. The molecular weight excluding hydrogens is 406 g/mol. The Morgan fingerprint density at radius 1 is 1.12 bits per heavy atom. The smallest absolute Gasteiger partial charge is 0.292 e. The van der Waals surface area contributed by atoms with Crippen LogP contribution in [0.3, 0.4) is 0 Å². The van der Waals surface area contributed by atoms with Crippen LogP contribution >= 0.6 is 0 Å². The van der Waals surface area contributed by atoms with Crippen LogP contribution in [0.1, 0.15) is 61.7 Å². The van der Waals surface area contributed by atoms with Crippen molar-refractivity contribution in [2.75, 3.05) is 44.2 Å². The van der Waals surface area contributed by atoms with Gasteiger partial charge in [-0.3, -0.25) is 9.59 Å². The van der Waals surface area contributed by atoms with Gasteiger partial charge in [-0.2, -0.15) is 0 Å². The van der Waals surface area contributed by atoms with Crippen molar-refractivity contribution in [2.45, 2.75) is 45.4 Å². The molecule has 4 heterocycles. The number of hydrogen-bond donors (Lipinski definition) is 0. The van der Waals surface area contributed by atoms with Gasteiger partial charge >= 0.3 is 0 Å². The largest absolute Gasteiger partial charge is 0.353 e. The summed E-state index contributed by atoms with van der Waals surface area (Å²) in [6.45, 7) is 8.54. The first-order chi connectivity index (χ1) is 15.5. The van der Waals surface area contributed by atoms with Crippen LogP contribution in [0.25, 0.3) is 0 Å². The molecule has 0 aromatic carbocycles. The van der Waals surface area contributed by atoms with Gasteiger partial charge in [0.2, 0.25) is 11.7 Å². The van der Waals surface area contributed by atoms with Crippen molar-refractivity contribution in [2.24, 2.45) is 5.92 Å². The van der Waals surface area contributed by atoms with E-state index in [0.717, 1.165) is 63.5 Å². The topological polar surface area (TPSA) is 82.8 Å². The number of piperidine rings is 1. The van der Waals surface area contributed by atoms with Crippen LogP contribution in [0, 0.1) is 5.92 Å². The van der Waals surface area contributed by atoms with Crippen molar-refractivity contribution in [1.82, 2.24) is 19.9 Å². The third-order valence-corrected chi connectivity index (χ3v) is 6.51. The average molecular weight is 440 g/mol. The Hall–Kier alpha value is -2.90. The van der Waals surface area contributed by atoms with E-state index in [0.29, 0.717) is 24.6 Å². The lowest BCUT2D eigenvalue weighted by molar-refractivity contribution is -0.131. The van der Waals surface area contributed by atoms with Crippen LogP contribution in [0.5, 0.6) is 0 Å². The van der Waals surface area contributed by atoms with Gasteiger partial charge in [-0.25, -0.2) is 4.98 Å². The van der Waals surface area contributed by atoms with E-state index in [-0.39, 0.29) is 17.7 Å². The highest BCUT2D eigenvalue weighted by molar-refractivity contribution is 5.91. The van der Waals surface area contributed by atoms with Crippen molar-refractivity contribution in [1.29, 1.82) is 0 Å². The Morgan fingerprint density at radius 2 is 1.94 bits per heavy atom. The van der Waals surface area contributed by atoms with Crippen molar-refractivity contribution in [3.8, 4) is 0 Å². The number of carbonyl (C=O) groups excluding carboxylic acids is 2. The lowest BCUT2D eigenvalue weighted by Crippen LogP contribution is -2.49. The molecule has 2 aromatic heterocycles. The van der Waals surface area contributed by atoms with E-state index in [1.807, 2.05) is 41.8 Å². The number of nitrogens with zero attached hydrogens (tertiary/aromatic N) is 5. The highest BCUT2D eigenvalue weighted by Crippen LogP contribution is 2.24. The molecule has 8 heteroatoms. The van der Waals surface area contributed by atoms with E-state index in [9.17, 15) is 9.59 Å². The first-order valence-electron chi connectivity index (χ1n) is 11.7. The summed E-state index contributed by atoms with van der Waals surface area (Å²) in [5.74, 6) is 1.98. The fraction of sp³-hybridized carbons (Fsp3) is 0.583. The van der Waals surface area contributed by atoms with Crippen LogP contribution in [0.2, 0.25) is 0 Å². The molecular formula is C24H33N5O3. The molecule has 1 atom stereocenters. The minimum atomic E-state index is -0.0916. The number of rotatable bonds is 6. The van der Waals surface area contributed by atoms with Gasteiger partial charge in [-0.05, 0) is 43.2 Å². The van der Waals surface area contributed by atoms with Gasteiger partial charge in [0.25, 0.3) is 5.91 Å². The molecule has 0 radical (unpaired) electrons. The number of likely N-dealkylation sites (tertiary alicyclic amines) is 1. The van der Waals surface area contributed by atoms with E-state index in [1.165, 1.54) is 0 Å². The second-order valence-corrected chi connectivity index (χ2v) is 9.12. The predicted molar refractivity (Wildman–Crippen MR) is 121 cm³/mol. The molecule has 4 rings (SSSR count). The maximum Gasteiger partial charge on any atom is 0.292 e. The van der Waals surface area contributed by atoms with Crippen molar-refractivity contribution in [3.63, 3.8) is 0 Å². The molecule has 2 aliphatic heterocycles. The zero-order valence-electron chi connectivity index (χ0n) is 19.1. The van der Waals surface area contributed by atoms with Crippen LogP contribution in [0.15, 0.2) is 35.0 Å². The number of anilines is 1. The Bertz CT molecular complexity index is 905. The molecule has 0 aliphatic carbocycles. The van der Waals surface area contributed by atoms with Gasteiger partial charge in [0.15, 0.2) is 0 Å². The van der Waals surface area contributed by atoms with E-state index >= 15 is 0 Å². The number of carbonyl (C=O) groups is 2. The second-order valence-electron chi connectivity index (χ2n) is 9.12. The molecule has 2 saturated heterocycles. The Labute approximate surface area is 189 Å². The molecule has 2 aromatic rings. The Morgan fingerprint density at radius 3 is 2.62 bits per heavy atom. The summed E-state index contributed by atoms with van der Waals surface area (Å²) >= 11 is 0. The number of piperazine rings is 1. The lowest BCUT2D eigenvalue weighted by Gasteiger charge is -2.36. The number of pyridine rings is 1. The normalized spacial score (nSPS) is 19.5. The summed E-state index contributed by atoms with van der Waals surface area (Å²) in [4.78, 5) is 36.0. The number of aromatic nitrogens is 2. The predicted octanol–water partition coefficient (Wildman–Crippen LogP) is 3.17. The standard InChI is InChI=1S/C24H33N5O3/c1-18(2)20-16-21(32-26-20)24(31)29-11-5-6-19(17-29)8-9-23(30)28-14-12-27(13-15-28)22-7-3-4-10-25-22/h3-4,7,10,16,18-19H,5-6,8-9,11-15,17H2,1-2H3. The minimum Gasteiger partial charge on any atom is -0.353 e. The maximum atomic E-state index is 12.8. The van der Waals surface area contributed by atoms with E-state index in [4.69, 9.17) is 4.52 Å². The van der Waals surface area contributed by atoms with Gasteiger partial charge in [0.05, 0.1) is 5.69 Å². The monoisotopic (exact) mass is 439 g/mol. The quantitative estimate of drug-likeness (QED) is 0.688. The molecule has 8 nitrogen and oxygen atoms in total. The molecule has 2 amide bonds. The van der Waals surface area contributed by atoms with Crippen LogP contribution in [0.4, 0.5) is 5.82 Å². The fourth-order valence-corrected chi connectivity index (χ4v) is 4.51. The second kappa shape index (κ2) is 10.1. The summed E-state index contributed by atoms with van der Waals surface area (Å²) in [6, 6.07) is 7.67. The summed E-state index contributed by atoms with van der Waals surface area (Å²) in [7, 11) is 0. The van der Waals surface area contributed by atoms with Gasteiger partial charge < -0.3 is 19.2 Å². The third-order valence-electron chi connectivity index (χ3n) is 6.51. The molecule has 1 unspecified atom stereocenters. The SMILES string of the molecule is CC(C)c1cc(C(=O)N2CCCC(CCC(=O)N3CCN(c4ccccn4)CC3)C2)on1. The molecule has 0 bridgehead atoms. The van der Waals surface area contributed by atoms with Crippen molar-refractivity contribution < 1.29 is 14.1 Å².